The van der Waals surface area contributed by atoms with Crippen LogP contribution >= 0.6 is 11.6 Å². The van der Waals surface area contributed by atoms with Crippen molar-refractivity contribution in [2.24, 2.45) is 0 Å². The first kappa shape index (κ1) is 41.5. The molecule has 4 aromatic rings. The minimum absolute atomic E-state index is 0.000295. The maximum atomic E-state index is 14.3. The number of phenolic OH excluding ortho intramolecular Hbond substituents is 1. The van der Waals surface area contributed by atoms with Crippen LogP contribution in [0.5, 0.6) is 17.2 Å². The Kier molecular flexibility index (Phi) is 11.9. The Bertz CT molecular complexity index is 2460. The van der Waals surface area contributed by atoms with E-state index in [-0.39, 0.29) is 77.7 Å². The van der Waals surface area contributed by atoms with E-state index < -0.39 is 52.9 Å². The molecule has 0 aliphatic carbocycles. The summed E-state index contributed by atoms with van der Waals surface area (Å²) in [6.07, 6.45) is -1.05. The molecule has 15 nitrogen and oxygen atoms in total. The number of alkyl halides is 1. The third-order valence-electron chi connectivity index (χ3n) is 10.8. The van der Waals surface area contributed by atoms with Gasteiger partial charge in [-0.15, -0.1) is 11.6 Å². The predicted octanol–water partition coefficient (Wildman–Crippen LogP) is 4.72. The summed E-state index contributed by atoms with van der Waals surface area (Å²) in [5, 5.41) is 35.3. The summed E-state index contributed by atoms with van der Waals surface area (Å²) in [5.41, 5.74) is 2.68. The monoisotopic (exact) mass is 846 g/mol. The molecule has 3 aliphatic rings. The van der Waals surface area contributed by atoms with E-state index in [1.54, 1.807) is 24.3 Å². The van der Waals surface area contributed by atoms with Gasteiger partial charge in [-0.2, -0.15) is 0 Å². The summed E-state index contributed by atoms with van der Waals surface area (Å²) in [7, 11) is -1.01. The van der Waals surface area contributed by atoms with E-state index in [1.165, 1.54) is 60.4 Å². The lowest BCUT2D eigenvalue weighted by Crippen LogP contribution is -2.54. The Balaban J connectivity index is 1.13. The molecule has 310 valence electrons. The van der Waals surface area contributed by atoms with Crippen molar-refractivity contribution in [2.45, 2.75) is 42.0 Å². The molecule has 0 spiro atoms. The van der Waals surface area contributed by atoms with Gasteiger partial charge in [0.05, 0.1) is 47.5 Å². The number of fused-ring (bicyclic) bond motifs is 5. The highest BCUT2D eigenvalue weighted by molar-refractivity contribution is 7.89. The first-order valence-electron chi connectivity index (χ1n) is 18.7. The number of rotatable bonds is 12. The molecule has 0 bridgehead atoms. The number of hydrogen-bond donors (Lipinski definition) is 4. The standard InChI is InChI=1S/C42H43ClN4O11S/c1-4-15-57-42(53)47-32-20-37(58-23-27(48)17-38(50)46-22-26(21-43)39-30-8-6-5-7-29(30)35(49)19-33(39)46)36(56-3)18-31(32)40(51)45-14-13-25(16-34(45)41(47)52)24-9-11-28(12-10-24)59(54,55)44-2/h4-13,18-20,26-27,34,41,44,48-49,52H,1,14-17,21-23H2,2-3H3/t26-,27+,34+,41?/m1/s1. The van der Waals surface area contributed by atoms with Crippen molar-refractivity contribution in [3.8, 4) is 17.2 Å². The second kappa shape index (κ2) is 16.9. The Hall–Kier alpha value is -5.65. The van der Waals surface area contributed by atoms with Gasteiger partial charge >= 0.3 is 6.09 Å². The van der Waals surface area contributed by atoms with Crippen molar-refractivity contribution in [1.82, 2.24) is 9.62 Å². The molecule has 0 saturated carbocycles. The number of nitrogens with one attached hydrogen (secondary N) is 1. The van der Waals surface area contributed by atoms with Gasteiger partial charge in [-0.1, -0.05) is 55.1 Å². The van der Waals surface area contributed by atoms with Crippen LogP contribution in [0.1, 0.15) is 40.2 Å². The fourth-order valence-corrected chi connectivity index (χ4v) is 8.86. The van der Waals surface area contributed by atoms with E-state index in [0.29, 0.717) is 22.2 Å². The number of anilines is 2. The topological polar surface area (TPSA) is 195 Å². The summed E-state index contributed by atoms with van der Waals surface area (Å²) in [4.78, 5) is 45.6. The molecule has 1 unspecified atom stereocenters. The normalized spacial score (nSPS) is 19.3. The number of benzene rings is 4. The van der Waals surface area contributed by atoms with Gasteiger partial charge < -0.3 is 39.3 Å². The van der Waals surface area contributed by atoms with Gasteiger partial charge in [0.15, 0.2) is 17.7 Å². The summed E-state index contributed by atoms with van der Waals surface area (Å²) in [5.74, 6) is -0.819. The Morgan fingerprint density at radius 2 is 1.80 bits per heavy atom. The largest absolute Gasteiger partial charge is 0.507 e. The fraction of sp³-hybridized carbons (Fsp3) is 0.310. The number of carbonyl (C=O) groups excluding carboxylic acids is 3. The van der Waals surface area contributed by atoms with E-state index in [9.17, 15) is 38.1 Å². The zero-order valence-corrected chi connectivity index (χ0v) is 33.8. The number of phenols is 1. The highest BCUT2D eigenvalue weighted by Gasteiger charge is 2.45. The zero-order valence-electron chi connectivity index (χ0n) is 32.2. The number of aliphatic hydroxyl groups excluding tert-OH is 2. The smallest absolute Gasteiger partial charge is 0.416 e. The van der Waals surface area contributed by atoms with Crippen LogP contribution in [-0.4, -0.2) is 111 Å². The van der Waals surface area contributed by atoms with Gasteiger partial charge in [-0.05, 0) is 53.8 Å². The van der Waals surface area contributed by atoms with Gasteiger partial charge in [-0.25, -0.2) is 22.8 Å². The number of sulfonamides is 1. The van der Waals surface area contributed by atoms with Gasteiger partial charge in [0.25, 0.3) is 5.91 Å². The quantitative estimate of drug-likeness (QED) is 0.114. The minimum atomic E-state index is -3.68. The number of methoxy groups -OCH3 is 1. The molecule has 0 fully saturated rings. The van der Waals surface area contributed by atoms with Gasteiger partial charge in [-0.3, -0.25) is 9.59 Å². The van der Waals surface area contributed by atoms with Crippen molar-refractivity contribution in [1.29, 1.82) is 0 Å². The van der Waals surface area contributed by atoms with Gasteiger partial charge in [0.1, 0.15) is 19.0 Å². The molecule has 3 aliphatic heterocycles. The first-order valence-corrected chi connectivity index (χ1v) is 20.8. The van der Waals surface area contributed by atoms with E-state index in [2.05, 4.69) is 11.3 Å². The molecule has 4 atom stereocenters. The van der Waals surface area contributed by atoms with Crippen LogP contribution in [0.3, 0.4) is 0 Å². The molecule has 4 N–H and O–H groups in total. The number of aliphatic hydroxyl groups is 2. The molecule has 0 radical (unpaired) electrons. The summed E-state index contributed by atoms with van der Waals surface area (Å²) in [6, 6.07) is 16.8. The molecule has 0 saturated heterocycles. The van der Waals surface area contributed by atoms with E-state index in [0.717, 1.165) is 15.8 Å². The molecule has 59 heavy (non-hydrogen) atoms. The van der Waals surface area contributed by atoms with E-state index in [1.807, 2.05) is 18.2 Å². The average molecular weight is 847 g/mol. The Labute approximate surface area is 345 Å². The van der Waals surface area contributed by atoms with Crippen LogP contribution in [0.25, 0.3) is 16.3 Å². The summed E-state index contributed by atoms with van der Waals surface area (Å²) >= 11 is 6.34. The van der Waals surface area contributed by atoms with Crippen LogP contribution in [0, 0.1) is 0 Å². The Morgan fingerprint density at radius 3 is 2.47 bits per heavy atom. The molecule has 7 rings (SSSR count). The molecule has 0 aromatic heterocycles. The van der Waals surface area contributed by atoms with Crippen molar-refractivity contribution in [3.63, 3.8) is 0 Å². The molecule has 3 amide bonds. The number of carbonyl (C=O) groups is 3. The van der Waals surface area contributed by atoms with Crippen molar-refractivity contribution in [3.05, 3.63) is 102 Å². The molecule has 4 aromatic carbocycles. The lowest BCUT2D eigenvalue weighted by molar-refractivity contribution is -0.120. The van der Waals surface area contributed by atoms with Crippen LogP contribution < -0.4 is 24.0 Å². The van der Waals surface area contributed by atoms with Crippen molar-refractivity contribution < 1.29 is 52.3 Å². The molecular formula is C42H43ClN4O11S. The molecule has 17 heteroatoms. The third kappa shape index (κ3) is 7.81. The zero-order chi connectivity index (χ0) is 42.2. The fourth-order valence-electron chi connectivity index (χ4n) is 7.88. The second-order valence-corrected chi connectivity index (χ2v) is 16.5. The number of halogens is 1. The van der Waals surface area contributed by atoms with E-state index in [4.69, 9.17) is 25.8 Å². The number of amides is 3. The van der Waals surface area contributed by atoms with E-state index >= 15 is 0 Å². The van der Waals surface area contributed by atoms with Gasteiger partial charge in [0.2, 0.25) is 15.9 Å². The number of ether oxygens (including phenoxy) is 3. The van der Waals surface area contributed by atoms with Crippen molar-refractivity contribution >= 4 is 67.3 Å². The predicted molar refractivity (Wildman–Crippen MR) is 221 cm³/mol. The van der Waals surface area contributed by atoms with Crippen LogP contribution in [0.15, 0.2) is 90.4 Å². The lowest BCUT2D eigenvalue weighted by Gasteiger charge is -2.38. The van der Waals surface area contributed by atoms with Crippen LogP contribution in [-0.2, 0) is 19.6 Å². The maximum absolute atomic E-state index is 14.3. The SMILES string of the molecule is C=CCOC(=O)N1c2cc(OC[C@@H](O)CC(=O)N3C[C@@H](CCl)c4c3cc(O)c3ccccc43)c(OC)cc2C(=O)N2CC=C(c3ccc(S(=O)(=O)NC)cc3)C[C@H]2C1O. The minimum Gasteiger partial charge on any atom is -0.507 e. The van der Waals surface area contributed by atoms with Gasteiger partial charge in [0, 0.05) is 42.4 Å². The average Bonchev–Trinajstić information content (AvgIpc) is 3.59. The van der Waals surface area contributed by atoms with Crippen molar-refractivity contribution in [2.75, 3.05) is 56.1 Å². The number of aromatic hydroxyl groups is 1. The third-order valence-corrected chi connectivity index (χ3v) is 12.6. The number of hydrogen-bond acceptors (Lipinski definition) is 11. The first-order chi connectivity index (χ1) is 28.3. The van der Waals surface area contributed by atoms with Crippen LogP contribution in [0.2, 0.25) is 0 Å². The maximum Gasteiger partial charge on any atom is 0.416 e. The molecular weight excluding hydrogens is 804 g/mol. The molecule has 3 heterocycles. The number of nitrogens with zero attached hydrogens (tertiary/aromatic N) is 3. The highest BCUT2D eigenvalue weighted by atomic mass is 35.5. The summed E-state index contributed by atoms with van der Waals surface area (Å²) < 4.78 is 43.8. The second-order valence-electron chi connectivity index (χ2n) is 14.3. The Morgan fingerprint density at radius 1 is 1.07 bits per heavy atom. The summed E-state index contributed by atoms with van der Waals surface area (Å²) in [6.45, 7) is 3.29. The highest BCUT2D eigenvalue weighted by Crippen LogP contribution is 2.46. The lowest BCUT2D eigenvalue weighted by atomic mass is 9.93. The van der Waals surface area contributed by atoms with Crippen LogP contribution in [0.4, 0.5) is 16.2 Å².